The SMILES string of the molecule is C=O.CC(=O)NC(C)C1CCCCC1. The summed E-state index contributed by atoms with van der Waals surface area (Å²) in [5.74, 6) is 0.829. The average Bonchev–Trinajstić information content (AvgIpc) is 2.21. The van der Waals surface area contributed by atoms with Crippen LogP contribution in [0.5, 0.6) is 0 Å². The van der Waals surface area contributed by atoms with Gasteiger partial charge in [0.15, 0.2) is 0 Å². The summed E-state index contributed by atoms with van der Waals surface area (Å²) < 4.78 is 0. The van der Waals surface area contributed by atoms with E-state index < -0.39 is 0 Å². The predicted molar refractivity (Wildman–Crippen MR) is 57.0 cm³/mol. The summed E-state index contributed by atoms with van der Waals surface area (Å²) in [4.78, 5) is 18.8. The first kappa shape index (κ1) is 13.1. The Morgan fingerprint density at radius 1 is 1.29 bits per heavy atom. The topological polar surface area (TPSA) is 46.2 Å². The molecular formula is C11H21NO2. The summed E-state index contributed by atoms with van der Waals surface area (Å²) in [5.41, 5.74) is 0. The molecule has 0 saturated heterocycles. The predicted octanol–water partition coefficient (Wildman–Crippen LogP) is 1.91. The fourth-order valence-electron chi connectivity index (χ4n) is 2.07. The maximum atomic E-state index is 10.8. The van der Waals surface area contributed by atoms with Gasteiger partial charge in [-0.1, -0.05) is 19.3 Å². The third-order valence-corrected chi connectivity index (χ3v) is 2.79. The van der Waals surface area contributed by atoms with Gasteiger partial charge in [0.05, 0.1) is 0 Å². The first-order chi connectivity index (χ1) is 6.70. The summed E-state index contributed by atoms with van der Waals surface area (Å²) in [6.45, 7) is 5.72. The Labute approximate surface area is 86.3 Å². The van der Waals surface area contributed by atoms with Crippen molar-refractivity contribution in [3.8, 4) is 0 Å². The zero-order valence-electron chi connectivity index (χ0n) is 9.21. The fourth-order valence-corrected chi connectivity index (χ4v) is 2.07. The van der Waals surface area contributed by atoms with E-state index in [2.05, 4.69) is 12.2 Å². The molecule has 0 radical (unpaired) electrons. The van der Waals surface area contributed by atoms with E-state index >= 15 is 0 Å². The molecule has 0 aliphatic heterocycles. The Morgan fingerprint density at radius 2 is 1.79 bits per heavy atom. The third-order valence-electron chi connectivity index (χ3n) is 2.79. The van der Waals surface area contributed by atoms with E-state index in [9.17, 15) is 4.79 Å². The molecule has 14 heavy (non-hydrogen) atoms. The van der Waals surface area contributed by atoms with Gasteiger partial charge in [-0.15, -0.1) is 0 Å². The summed E-state index contributed by atoms with van der Waals surface area (Å²) in [6.07, 6.45) is 6.65. The van der Waals surface area contributed by atoms with Crippen molar-refractivity contribution >= 4 is 12.7 Å². The molecule has 0 heterocycles. The van der Waals surface area contributed by atoms with Crippen LogP contribution in [0.2, 0.25) is 0 Å². The van der Waals surface area contributed by atoms with Crippen LogP contribution in [0.4, 0.5) is 0 Å². The van der Waals surface area contributed by atoms with Gasteiger partial charge in [0.2, 0.25) is 5.91 Å². The van der Waals surface area contributed by atoms with Gasteiger partial charge in [0, 0.05) is 13.0 Å². The second-order valence-electron chi connectivity index (χ2n) is 3.89. The number of hydrogen-bond acceptors (Lipinski definition) is 2. The third kappa shape index (κ3) is 5.00. The Morgan fingerprint density at radius 3 is 2.21 bits per heavy atom. The minimum absolute atomic E-state index is 0.105. The van der Waals surface area contributed by atoms with Crippen molar-refractivity contribution in [2.45, 2.75) is 52.0 Å². The summed E-state index contributed by atoms with van der Waals surface area (Å²) in [7, 11) is 0. The van der Waals surface area contributed by atoms with Crippen molar-refractivity contribution in [3.63, 3.8) is 0 Å². The van der Waals surface area contributed by atoms with Gasteiger partial charge in [-0.25, -0.2) is 0 Å². The standard InChI is InChI=1S/C10H19NO.CH2O/c1-8(11-9(2)12)10-6-4-3-5-7-10;1-2/h8,10H,3-7H2,1-2H3,(H,11,12);1H2. The lowest BCUT2D eigenvalue weighted by Gasteiger charge is -2.27. The molecule has 1 N–H and O–H groups in total. The number of nitrogens with one attached hydrogen (secondary N) is 1. The highest BCUT2D eigenvalue weighted by Crippen LogP contribution is 2.26. The number of carbonyl (C=O) groups excluding carboxylic acids is 2. The molecule has 82 valence electrons. The number of amides is 1. The smallest absolute Gasteiger partial charge is 0.217 e. The lowest BCUT2D eigenvalue weighted by atomic mass is 9.84. The summed E-state index contributed by atoms with van der Waals surface area (Å²) >= 11 is 0. The van der Waals surface area contributed by atoms with Crippen molar-refractivity contribution in [2.24, 2.45) is 5.92 Å². The minimum Gasteiger partial charge on any atom is -0.354 e. The summed E-state index contributed by atoms with van der Waals surface area (Å²) in [6, 6.07) is 0.378. The van der Waals surface area contributed by atoms with Gasteiger partial charge in [-0.05, 0) is 25.7 Å². The Hall–Kier alpha value is -0.860. The van der Waals surface area contributed by atoms with E-state index in [-0.39, 0.29) is 5.91 Å². The molecule has 3 nitrogen and oxygen atoms in total. The molecule has 1 atom stereocenters. The van der Waals surface area contributed by atoms with E-state index in [0.717, 1.165) is 5.92 Å². The molecular weight excluding hydrogens is 178 g/mol. The maximum absolute atomic E-state index is 10.8. The highest BCUT2D eigenvalue weighted by atomic mass is 16.1. The van der Waals surface area contributed by atoms with Gasteiger partial charge in [-0.2, -0.15) is 0 Å². The molecule has 1 fully saturated rings. The molecule has 0 aromatic carbocycles. The molecule has 1 amide bonds. The molecule has 0 spiro atoms. The normalized spacial score (nSPS) is 19.0. The van der Waals surface area contributed by atoms with Crippen molar-refractivity contribution < 1.29 is 9.59 Å². The van der Waals surface area contributed by atoms with Crippen LogP contribution in [0.3, 0.4) is 0 Å². The van der Waals surface area contributed by atoms with Crippen LogP contribution in [0.25, 0.3) is 0 Å². The van der Waals surface area contributed by atoms with Crippen molar-refractivity contribution in [3.05, 3.63) is 0 Å². The van der Waals surface area contributed by atoms with Crippen molar-refractivity contribution in [1.82, 2.24) is 5.32 Å². The minimum atomic E-state index is 0.105. The highest BCUT2D eigenvalue weighted by Gasteiger charge is 2.19. The van der Waals surface area contributed by atoms with Crippen molar-refractivity contribution in [2.75, 3.05) is 0 Å². The molecule has 0 aromatic rings. The average molecular weight is 199 g/mol. The van der Waals surface area contributed by atoms with Gasteiger partial charge in [0.1, 0.15) is 6.79 Å². The van der Waals surface area contributed by atoms with Crippen LogP contribution in [0, 0.1) is 5.92 Å². The van der Waals surface area contributed by atoms with E-state index in [1.165, 1.54) is 32.1 Å². The van der Waals surface area contributed by atoms with Gasteiger partial charge < -0.3 is 10.1 Å². The number of hydrogen-bond donors (Lipinski definition) is 1. The van der Waals surface area contributed by atoms with Crippen LogP contribution in [-0.4, -0.2) is 18.7 Å². The fraction of sp³-hybridized carbons (Fsp3) is 0.818. The maximum Gasteiger partial charge on any atom is 0.217 e. The zero-order chi connectivity index (χ0) is 11.0. The molecule has 1 aliphatic rings. The van der Waals surface area contributed by atoms with Crippen LogP contribution in [0.15, 0.2) is 0 Å². The van der Waals surface area contributed by atoms with Crippen LogP contribution < -0.4 is 5.32 Å². The van der Waals surface area contributed by atoms with Crippen LogP contribution in [0.1, 0.15) is 46.0 Å². The van der Waals surface area contributed by atoms with Gasteiger partial charge in [0.25, 0.3) is 0 Å². The lowest BCUT2D eigenvalue weighted by molar-refractivity contribution is -0.120. The first-order valence-electron chi connectivity index (χ1n) is 5.26. The van der Waals surface area contributed by atoms with Crippen molar-refractivity contribution in [1.29, 1.82) is 0 Å². The van der Waals surface area contributed by atoms with Crippen LogP contribution >= 0.6 is 0 Å². The Bertz CT molecular complexity index is 165. The quantitative estimate of drug-likeness (QED) is 0.738. The number of carbonyl (C=O) groups is 2. The molecule has 1 saturated carbocycles. The number of rotatable bonds is 2. The highest BCUT2D eigenvalue weighted by molar-refractivity contribution is 5.73. The van der Waals surface area contributed by atoms with E-state index in [1.807, 2.05) is 6.79 Å². The second kappa shape index (κ2) is 7.54. The molecule has 1 rings (SSSR count). The van der Waals surface area contributed by atoms with Gasteiger partial charge >= 0.3 is 0 Å². The molecule has 0 aromatic heterocycles. The molecule has 1 unspecified atom stereocenters. The largest absolute Gasteiger partial charge is 0.354 e. The van der Waals surface area contributed by atoms with E-state index in [1.54, 1.807) is 6.92 Å². The Balaban J connectivity index is 0.000000791. The summed E-state index contributed by atoms with van der Waals surface area (Å²) in [5, 5.41) is 2.97. The molecule has 0 bridgehead atoms. The Kier molecular flexibility index (Phi) is 7.07. The second-order valence-corrected chi connectivity index (χ2v) is 3.89. The monoisotopic (exact) mass is 199 g/mol. The van der Waals surface area contributed by atoms with E-state index in [0.29, 0.717) is 6.04 Å². The lowest BCUT2D eigenvalue weighted by Crippen LogP contribution is -2.37. The van der Waals surface area contributed by atoms with E-state index in [4.69, 9.17) is 4.79 Å². The molecule has 1 aliphatic carbocycles. The van der Waals surface area contributed by atoms with Crippen LogP contribution in [-0.2, 0) is 9.59 Å². The molecule has 3 heteroatoms. The zero-order valence-corrected chi connectivity index (χ0v) is 9.21. The van der Waals surface area contributed by atoms with Gasteiger partial charge in [-0.3, -0.25) is 4.79 Å². The first-order valence-corrected chi connectivity index (χ1v) is 5.26.